The summed E-state index contributed by atoms with van der Waals surface area (Å²) in [6.45, 7) is 6.97. The molecule has 2 atom stereocenters. The van der Waals surface area contributed by atoms with Crippen molar-refractivity contribution in [2.45, 2.75) is 44.6 Å². The van der Waals surface area contributed by atoms with Crippen LogP contribution in [0.1, 0.15) is 33.3 Å². The van der Waals surface area contributed by atoms with Gasteiger partial charge >= 0.3 is 0 Å². The van der Waals surface area contributed by atoms with Gasteiger partial charge in [0.05, 0.1) is 11.3 Å². The average molecular weight is 294 g/mol. The largest absolute Gasteiger partial charge is 0.311 e. The summed E-state index contributed by atoms with van der Waals surface area (Å²) in [7, 11) is 0. The van der Waals surface area contributed by atoms with Crippen LogP contribution < -0.4 is 5.43 Å². The van der Waals surface area contributed by atoms with E-state index >= 15 is 0 Å². The van der Waals surface area contributed by atoms with Gasteiger partial charge in [-0.25, -0.2) is 4.39 Å². The van der Waals surface area contributed by atoms with Crippen molar-refractivity contribution in [1.82, 2.24) is 15.6 Å². The fraction of sp³-hybridized carbons (Fsp3) is 0.500. The standard InChI is InChI=1S/C14H19FN4O2/c1-9-13(4)18(20)12(2,3)14(17-16-9,19(13)21)10-5-7-11(15)8-6-10/h5-8,17,20-21H,1-4H3. The summed E-state index contributed by atoms with van der Waals surface area (Å²) < 4.78 is 13.2. The predicted octanol–water partition coefficient (Wildman–Crippen LogP) is 1.85. The van der Waals surface area contributed by atoms with Gasteiger partial charge in [-0.15, -0.1) is 5.06 Å². The highest BCUT2D eigenvalue weighted by Gasteiger charge is 2.72. The summed E-state index contributed by atoms with van der Waals surface area (Å²) in [6, 6.07) is 5.78. The smallest absolute Gasteiger partial charge is 0.177 e. The van der Waals surface area contributed by atoms with Crippen LogP contribution >= 0.6 is 0 Å². The number of hydrogen-bond acceptors (Lipinski definition) is 6. The Kier molecular flexibility index (Phi) is 2.75. The summed E-state index contributed by atoms with van der Waals surface area (Å²) in [4.78, 5) is 0. The Morgan fingerprint density at radius 3 is 2.24 bits per heavy atom. The maximum absolute atomic E-state index is 13.2. The van der Waals surface area contributed by atoms with Gasteiger partial charge in [0.25, 0.3) is 0 Å². The van der Waals surface area contributed by atoms with Gasteiger partial charge in [-0.05, 0) is 45.4 Å². The van der Waals surface area contributed by atoms with E-state index in [1.807, 2.05) is 0 Å². The normalized spacial score (nSPS) is 35.5. The number of benzene rings is 1. The Labute approximate surface area is 122 Å². The molecule has 2 heterocycles. The Balaban J connectivity index is 2.27. The van der Waals surface area contributed by atoms with Crippen LogP contribution in [0.25, 0.3) is 0 Å². The second-order valence-electron chi connectivity index (χ2n) is 6.23. The summed E-state index contributed by atoms with van der Waals surface area (Å²) in [5.74, 6) is -0.366. The molecule has 2 unspecified atom stereocenters. The van der Waals surface area contributed by atoms with Crippen molar-refractivity contribution in [2.24, 2.45) is 5.10 Å². The second-order valence-corrected chi connectivity index (χ2v) is 6.23. The number of rotatable bonds is 1. The van der Waals surface area contributed by atoms with Crippen LogP contribution in [0.4, 0.5) is 4.39 Å². The van der Waals surface area contributed by atoms with E-state index in [1.54, 1.807) is 39.8 Å². The molecule has 1 aromatic rings. The van der Waals surface area contributed by atoms with Gasteiger partial charge in [0.1, 0.15) is 5.82 Å². The van der Waals surface area contributed by atoms with Gasteiger partial charge in [-0.1, -0.05) is 12.1 Å². The number of hydrogen-bond donors (Lipinski definition) is 3. The van der Waals surface area contributed by atoms with Crippen molar-refractivity contribution in [3.63, 3.8) is 0 Å². The van der Waals surface area contributed by atoms with Crippen LogP contribution in [0.15, 0.2) is 29.4 Å². The van der Waals surface area contributed by atoms with E-state index in [4.69, 9.17) is 0 Å². The molecule has 3 rings (SSSR count). The maximum Gasteiger partial charge on any atom is 0.177 e. The third-order valence-electron chi connectivity index (χ3n) is 4.89. The Morgan fingerprint density at radius 1 is 1.10 bits per heavy atom. The van der Waals surface area contributed by atoms with Crippen molar-refractivity contribution >= 4 is 5.71 Å². The van der Waals surface area contributed by atoms with Gasteiger partial charge < -0.3 is 10.4 Å². The lowest BCUT2D eigenvalue weighted by Gasteiger charge is -2.45. The lowest BCUT2D eigenvalue weighted by Crippen LogP contribution is -2.65. The van der Waals surface area contributed by atoms with Gasteiger partial charge in [-0.2, -0.15) is 10.2 Å². The minimum atomic E-state index is -1.19. The SMILES string of the molecule is CC1=NNC2(c3ccc(F)cc3)N(O)C1(C)N(O)C2(C)C. The molecule has 114 valence electrons. The lowest BCUT2D eigenvalue weighted by molar-refractivity contribution is -0.252. The molecule has 0 amide bonds. The van der Waals surface area contributed by atoms with Gasteiger partial charge in [0.15, 0.2) is 11.3 Å². The van der Waals surface area contributed by atoms with E-state index in [1.165, 1.54) is 12.1 Å². The van der Waals surface area contributed by atoms with Crippen LogP contribution in [0, 0.1) is 5.82 Å². The van der Waals surface area contributed by atoms with Gasteiger partial charge in [-0.3, -0.25) is 5.43 Å². The van der Waals surface area contributed by atoms with Crippen LogP contribution in [-0.2, 0) is 5.66 Å². The van der Waals surface area contributed by atoms with E-state index in [9.17, 15) is 14.8 Å². The molecular formula is C14H19FN4O2. The molecular weight excluding hydrogens is 275 g/mol. The predicted molar refractivity (Wildman–Crippen MR) is 74.1 cm³/mol. The number of nitrogens with one attached hydrogen (secondary N) is 1. The van der Waals surface area contributed by atoms with Crippen LogP contribution in [0.2, 0.25) is 0 Å². The minimum absolute atomic E-state index is 0.366. The van der Waals surface area contributed by atoms with Gasteiger partial charge in [0, 0.05) is 0 Å². The molecule has 0 spiro atoms. The number of nitrogens with zero attached hydrogens (tertiary/aromatic N) is 3. The van der Waals surface area contributed by atoms with Crippen molar-refractivity contribution in [3.05, 3.63) is 35.6 Å². The summed E-state index contributed by atoms with van der Waals surface area (Å²) in [5, 5.41) is 27.9. The molecule has 2 bridgehead atoms. The first kappa shape index (κ1) is 14.4. The van der Waals surface area contributed by atoms with Crippen molar-refractivity contribution in [2.75, 3.05) is 0 Å². The summed E-state index contributed by atoms with van der Waals surface area (Å²) in [6.07, 6.45) is 0. The molecule has 1 aromatic carbocycles. The molecule has 0 saturated carbocycles. The molecule has 0 aromatic heterocycles. The van der Waals surface area contributed by atoms with Crippen LogP contribution in [0.3, 0.4) is 0 Å². The molecule has 2 aliphatic rings. The number of hydrazone groups is 1. The molecule has 1 saturated heterocycles. The quantitative estimate of drug-likeness (QED) is 0.737. The Morgan fingerprint density at radius 2 is 1.67 bits per heavy atom. The molecule has 0 radical (unpaired) electrons. The first-order valence-electron chi connectivity index (χ1n) is 6.75. The monoisotopic (exact) mass is 294 g/mol. The fourth-order valence-corrected chi connectivity index (χ4v) is 3.37. The highest BCUT2D eigenvalue weighted by atomic mass is 19.1. The van der Waals surface area contributed by atoms with E-state index in [0.29, 0.717) is 11.3 Å². The zero-order chi connectivity index (χ0) is 15.6. The van der Waals surface area contributed by atoms with Crippen molar-refractivity contribution in [1.29, 1.82) is 0 Å². The molecule has 3 N–H and O–H groups in total. The Hall–Kier alpha value is -1.54. The van der Waals surface area contributed by atoms with E-state index in [0.717, 1.165) is 10.1 Å². The molecule has 1 fully saturated rings. The molecule has 7 heteroatoms. The number of fused-ring (bicyclic) bond motifs is 2. The zero-order valence-electron chi connectivity index (χ0n) is 12.4. The number of halogens is 1. The zero-order valence-corrected chi connectivity index (χ0v) is 12.4. The number of hydroxylamine groups is 4. The Bertz CT molecular complexity index is 618. The lowest BCUT2D eigenvalue weighted by atomic mass is 9.83. The first-order valence-corrected chi connectivity index (χ1v) is 6.75. The fourth-order valence-electron chi connectivity index (χ4n) is 3.37. The third-order valence-corrected chi connectivity index (χ3v) is 4.89. The van der Waals surface area contributed by atoms with E-state index in [-0.39, 0.29) is 5.82 Å². The topological polar surface area (TPSA) is 71.3 Å². The van der Waals surface area contributed by atoms with Crippen LogP contribution in [0.5, 0.6) is 0 Å². The highest BCUT2D eigenvalue weighted by molar-refractivity contribution is 5.91. The second kappa shape index (κ2) is 4.01. The average Bonchev–Trinajstić information content (AvgIpc) is 2.51. The molecule has 21 heavy (non-hydrogen) atoms. The van der Waals surface area contributed by atoms with Crippen molar-refractivity contribution in [3.8, 4) is 0 Å². The third kappa shape index (κ3) is 1.41. The molecule has 0 aliphatic carbocycles. The maximum atomic E-state index is 13.2. The molecule has 2 aliphatic heterocycles. The first-order chi connectivity index (χ1) is 9.69. The summed E-state index contributed by atoms with van der Waals surface area (Å²) in [5.41, 5.74) is 0.800. The van der Waals surface area contributed by atoms with E-state index in [2.05, 4.69) is 10.5 Å². The van der Waals surface area contributed by atoms with E-state index < -0.39 is 16.9 Å². The van der Waals surface area contributed by atoms with Crippen molar-refractivity contribution < 1.29 is 14.8 Å². The van der Waals surface area contributed by atoms with Gasteiger partial charge in [0.2, 0.25) is 0 Å². The summed E-state index contributed by atoms with van der Waals surface area (Å²) >= 11 is 0. The minimum Gasteiger partial charge on any atom is -0.311 e. The molecule has 6 nitrogen and oxygen atoms in total. The van der Waals surface area contributed by atoms with Crippen LogP contribution in [-0.4, -0.2) is 37.5 Å². The highest BCUT2D eigenvalue weighted by Crippen LogP contribution is 2.53.